The molecule has 0 aliphatic carbocycles. The molecule has 1 heterocycles. The zero-order chi connectivity index (χ0) is 12.5. The van der Waals surface area contributed by atoms with Gasteiger partial charge < -0.3 is 4.98 Å². The van der Waals surface area contributed by atoms with Gasteiger partial charge in [-0.15, -0.1) is 0 Å². The quantitative estimate of drug-likeness (QED) is 0.644. The van der Waals surface area contributed by atoms with Crippen molar-refractivity contribution < 1.29 is 0 Å². The van der Waals surface area contributed by atoms with E-state index in [2.05, 4.69) is 9.97 Å². The standard InChI is InChI=1S/C14H9BN2O/c15-10-5-3-4-9(8-10)13-14(18)17-12-7-2-1-6-11(12)16-13/h1-8H,(H,17,18). The maximum Gasteiger partial charge on any atom is 0.274 e. The number of fused-ring (bicyclic) bond motifs is 1. The predicted octanol–water partition coefficient (Wildman–Crippen LogP) is 1.38. The van der Waals surface area contributed by atoms with E-state index in [1.807, 2.05) is 30.3 Å². The number of hydrogen-bond donors (Lipinski definition) is 1. The van der Waals surface area contributed by atoms with Gasteiger partial charge in [-0.25, -0.2) is 4.98 Å². The second-order valence-electron chi connectivity index (χ2n) is 4.06. The van der Waals surface area contributed by atoms with Crippen LogP contribution in [-0.4, -0.2) is 17.8 Å². The molecule has 2 radical (unpaired) electrons. The third-order valence-electron chi connectivity index (χ3n) is 2.76. The molecule has 0 fully saturated rings. The molecule has 0 saturated heterocycles. The summed E-state index contributed by atoms with van der Waals surface area (Å²) >= 11 is 0. The molecule has 3 rings (SSSR count). The topological polar surface area (TPSA) is 45.8 Å². The molecule has 18 heavy (non-hydrogen) atoms. The molecule has 84 valence electrons. The van der Waals surface area contributed by atoms with E-state index < -0.39 is 0 Å². The van der Waals surface area contributed by atoms with E-state index in [1.165, 1.54) is 0 Å². The van der Waals surface area contributed by atoms with Gasteiger partial charge in [-0.2, -0.15) is 0 Å². The SMILES string of the molecule is [B]c1cccc(-c2nc3ccccc3[nH]c2=O)c1. The smallest absolute Gasteiger partial charge is 0.274 e. The molecule has 1 N–H and O–H groups in total. The molecular weight excluding hydrogens is 223 g/mol. The third kappa shape index (κ3) is 1.82. The number of aromatic nitrogens is 2. The van der Waals surface area contributed by atoms with Gasteiger partial charge >= 0.3 is 0 Å². The first-order valence-electron chi connectivity index (χ1n) is 5.59. The Hall–Kier alpha value is -2.36. The highest BCUT2D eigenvalue weighted by atomic mass is 16.1. The molecule has 3 aromatic rings. The van der Waals surface area contributed by atoms with Crippen molar-refractivity contribution in [1.82, 2.24) is 9.97 Å². The van der Waals surface area contributed by atoms with Crippen LogP contribution in [-0.2, 0) is 0 Å². The number of nitrogens with zero attached hydrogens (tertiary/aromatic N) is 1. The minimum absolute atomic E-state index is 0.209. The maximum absolute atomic E-state index is 12.0. The van der Waals surface area contributed by atoms with Gasteiger partial charge in [0.1, 0.15) is 13.5 Å². The summed E-state index contributed by atoms with van der Waals surface area (Å²) in [6, 6.07) is 14.6. The molecule has 0 aliphatic heterocycles. The third-order valence-corrected chi connectivity index (χ3v) is 2.76. The summed E-state index contributed by atoms with van der Waals surface area (Å²) in [5, 5.41) is 0. The summed E-state index contributed by atoms with van der Waals surface area (Å²) < 4.78 is 0. The molecule has 0 aliphatic rings. The first-order valence-corrected chi connectivity index (χ1v) is 5.59. The summed E-state index contributed by atoms with van der Waals surface area (Å²) in [6.07, 6.45) is 0. The Morgan fingerprint density at radius 3 is 2.72 bits per heavy atom. The number of rotatable bonds is 1. The van der Waals surface area contributed by atoms with Crippen LogP contribution in [0.5, 0.6) is 0 Å². The molecule has 0 unspecified atom stereocenters. The van der Waals surface area contributed by atoms with Crippen LogP contribution in [0.4, 0.5) is 0 Å². The lowest BCUT2D eigenvalue weighted by Gasteiger charge is -2.03. The molecule has 0 saturated carbocycles. The van der Waals surface area contributed by atoms with Crippen molar-refractivity contribution >= 4 is 24.3 Å². The van der Waals surface area contributed by atoms with E-state index in [9.17, 15) is 4.79 Å². The lowest BCUT2D eigenvalue weighted by molar-refractivity contribution is 1.22. The largest absolute Gasteiger partial charge is 0.319 e. The van der Waals surface area contributed by atoms with E-state index >= 15 is 0 Å². The van der Waals surface area contributed by atoms with E-state index in [0.29, 0.717) is 11.2 Å². The second kappa shape index (κ2) is 4.15. The number of aromatic amines is 1. The molecule has 3 nitrogen and oxygen atoms in total. The summed E-state index contributed by atoms with van der Waals surface area (Å²) in [4.78, 5) is 19.2. The minimum atomic E-state index is -0.209. The monoisotopic (exact) mass is 232 g/mol. The van der Waals surface area contributed by atoms with Gasteiger partial charge in [-0.1, -0.05) is 41.9 Å². The highest BCUT2D eigenvalue weighted by Gasteiger charge is 2.06. The number of para-hydroxylation sites is 2. The van der Waals surface area contributed by atoms with Crippen molar-refractivity contribution in [3.63, 3.8) is 0 Å². The number of H-pyrrole nitrogens is 1. The fraction of sp³-hybridized carbons (Fsp3) is 0. The van der Waals surface area contributed by atoms with E-state index in [1.54, 1.807) is 18.2 Å². The summed E-state index contributed by atoms with van der Waals surface area (Å²) in [5.41, 5.74) is 3.01. The van der Waals surface area contributed by atoms with Crippen molar-refractivity contribution in [2.24, 2.45) is 0 Å². The molecule has 0 bridgehead atoms. The van der Waals surface area contributed by atoms with E-state index in [0.717, 1.165) is 16.6 Å². The fourth-order valence-corrected chi connectivity index (χ4v) is 1.91. The van der Waals surface area contributed by atoms with Crippen molar-refractivity contribution in [3.05, 3.63) is 58.9 Å². The van der Waals surface area contributed by atoms with Gasteiger partial charge in [0.05, 0.1) is 11.0 Å². The molecule has 0 amide bonds. The van der Waals surface area contributed by atoms with Crippen LogP contribution in [0.25, 0.3) is 22.3 Å². The average Bonchev–Trinajstić information content (AvgIpc) is 2.38. The van der Waals surface area contributed by atoms with Gasteiger partial charge in [0, 0.05) is 5.56 Å². The Kier molecular flexibility index (Phi) is 2.48. The number of hydrogen-bond acceptors (Lipinski definition) is 2. The Morgan fingerprint density at radius 1 is 1.06 bits per heavy atom. The van der Waals surface area contributed by atoms with Gasteiger partial charge in [-0.3, -0.25) is 4.79 Å². The Morgan fingerprint density at radius 2 is 1.89 bits per heavy atom. The lowest BCUT2D eigenvalue weighted by Crippen LogP contribution is -2.12. The number of benzene rings is 2. The zero-order valence-electron chi connectivity index (χ0n) is 9.55. The molecule has 0 atom stereocenters. The van der Waals surface area contributed by atoms with Crippen molar-refractivity contribution in [2.75, 3.05) is 0 Å². The van der Waals surface area contributed by atoms with Crippen LogP contribution in [0.1, 0.15) is 0 Å². The molecule has 2 aromatic carbocycles. The average molecular weight is 232 g/mol. The van der Waals surface area contributed by atoms with Crippen molar-refractivity contribution in [3.8, 4) is 11.3 Å². The highest BCUT2D eigenvalue weighted by Crippen LogP contribution is 2.14. The summed E-state index contributed by atoms with van der Waals surface area (Å²) in [5.74, 6) is 0. The van der Waals surface area contributed by atoms with Gasteiger partial charge in [0.25, 0.3) is 5.56 Å². The van der Waals surface area contributed by atoms with Crippen molar-refractivity contribution in [1.29, 1.82) is 0 Å². The lowest BCUT2D eigenvalue weighted by atomic mass is 9.94. The zero-order valence-corrected chi connectivity index (χ0v) is 9.55. The van der Waals surface area contributed by atoms with Crippen LogP contribution >= 0.6 is 0 Å². The molecule has 1 aromatic heterocycles. The number of nitrogens with one attached hydrogen (secondary N) is 1. The van der Waals surface area contributed by atoms with Gasteiger partial charge in [0.15, 0.2) is 0 Å². The molecule has 0 spiro atoms. The fourth-order valence-electron chi connectivity index (χ4n) is 1.91. The summed E-state index contributed by atoms with van der Waals surface area (Å²) in [6.45, 7) is 0. The highest BCUT2D eigenvalue weighted by molar-refractivity contribution is 6.32. The Balaban J connectivity index is 2.29. The van der Waals surface area contributed by atoms with Crippen LogP contribution < -0.4 is 11.0 Å². The predicted molar refractivity (Wildman–Crippen MR) is 73.2 cm³/mol. The Bertz CT molecular complexity index is 780. The van der Waals surface area contributed by atoms with Crippen LogP contribution in [0, 0.1) is 0 Å². The molecule has 4 heteroatoms. The minimum Gasteiger partial charge on any atom is -0.319 e. The van der Waals surface area contributed by atoms with Crippen LogP contribution in [0.15, 0.2) is 53.3 Å². The van der Waals surface area contributed by atoms with Crippen LogP contribution in [0.2, 0.25) is 0 Å². The summed E-state index contributed by atoms with van der Waals surface area (Å²) in [7, 11) is 5.72. The maximum atomic E-state index is 12.0. The molecular formula is C14H9BN2O. The normalized spacial score (nSPS) is 10.7. The van der Waals surface area contributed by atoms with E-state index in [-0.39, 0.29) is 5.56 Å². The van der Waals surface area contributed by atoms with Gasteiger partial charge in [0.2, 0.25) is 0 Å². The van der Waals surface area contributed by atoms with Crippen LogP contribution in [0.3, 0.4) is 0 Å². The van der Waals surface area contributed by atoms with Gasteiger partial charge in [-0.05, 0) is 12.1 Å². The first kappa shape index (κ1) is 10.8. The van der Waals surface area contributed by atoms with E-state index in [4.69, 9.17) is 7.85 Å². The first-order chi connectivity index (χ1) is 8.74. The second-order valence-corrected chi connectivity index (χ2v) is 4.06. The Labute approximate surface area is 105 Å². The van der Waals surface area contributed by atoms with Crippen molar-refractivity contribution in [2.45, 2.75) is 0 Å².